The minimum atomic E-state index is -2.03. The molecule has 0 bridgehead atoms. The fourth-order valence-corrected chi connectivity index (χ4v) is 10.6. The normalized spacial score (nSPS) is 17.1. The largest absolute Gasteiger partial charge is 0.458 e. The molecule has 3 atom stereocenters. The number of nitrogens with zero attached hydrogens (tertiary/aromatic N) is 4. The van der Waals surface area contributed by atoms with Crippen molar-refractivity contribution in [3.8, 4) is 11.4 Å². The van der Waals surface area contributed by atoms with Gasteiger partial charge in [0, 0.05) is 73.7 Å². The number of cyclic esters (lactones) is 1. The Morgan fingerprint density at radius 1 is 0.861 bits per heavy atom. The van der Waals surface area contributed by atoms with Crippen LogP contribution in [0.1, 0.15) is 110 Å². The van der Waals surface area contributed by atoms with Crippen LogP contribution in [-0.4, -0.2) is 130 Å². The van der Waals surface area contributed by atoms with E-state index >= 15 is 4.39 Å². The van der Waals surface area contributed by atoms with E-state index in [9.17, 15) is 53.1 Å². The fourth-order valence-electron chi connectivity index (χ4n) is 10.6. The first-order valence-electron chi connectivity index (χ1n) is 26.6. The van der Waals surface area contributed by atoms with Crippen LogP contribution in [0.2, 0.25) is 0 Å². The number of nitrogens with one attached hydrogen (secondary N) is 5. The minimum Gasteiger partial charge on any atom is -0.458 e. The summed E-state index contributed by atoms with van der Waals surface area (Å²) in [5.74, 6) is -5.18. The van der Waals surface area contributed by atoms with Gasteiger partial charge in [0.25, 0.3) is 17.4 Å². The van der Waals surface area contributed by atoms with Crippen molar-refractivity contribution in [2.24, 2.45) is 0 Å². The number of carbonyl (C=O) groups excluding carboxylic acids is 9. The number of aryl methyl sites for hydroxylation is 1. The summed E-state index contributed by atoms with van der Waals surface area (Å²) < 4.78 is 27.9. The van der Waals surface area contributed by atoms with Gasteiger partial charge >= 0.3 is 5.97 Å². The second-order valence-corrected chi connectivity index (χ2v) is 19.9. The average Bonchev–Trinajstić information content (AvgIpc) is 3.63. The summed E-state index contributed by atoms with van der Waals surface area (Å²) in [7, 11) is 0. The molecule has 3 aliphatic heterocycles. The third-order valence-electron chi connectivity index (χ3n) is 14.9. The van der Waals surface area contributed by atoms with Crippen LogP contribution in [0.3, 0.4) is 0 Å². The van der Waals surface area contributed by atoms with Crippen LogP contribution in [0.4, 0.5) is 4.39 Å². The van der Waals surface area contributed by atoms with Crippen LogP contribution in [-0.2, 0) is 84.2 Å². The number of imide groups is 1. The van der Waals surface area contributed by atoms with Crippen molar-refractivity contribution in [2.75, 3.05) is 46.1 Å². The summed E-state index contributed by atoms with van der Waals surface area (Å²) in [5.41, 5.74) is 2.45. The number of aromatic nitrogens is 2. The van der Waals surface area contributed by atoms with Gasteiger partial charge in [0.2, 0.25) is 35.4 Å². The number of aliphatic hydroxyl groups is 1. The number of amides is 8. The molecule has 4 aliphatic rings. The molecule has 4 aromatic rings. The molecule has 8 rings (SSSR count). The topological polar surface area (TPSA) is 294 Å². The molecule has 0 radical (unpaired) electrons. The number of benzene rings is 2. The molecule has 0 saturated carbocycles. The number of halogens is 1. The van der Waals surface area contributed by atoms with Gasteiger partial charge in [-0.25, -0.2) is 14.2 Å². The van der Waals surface area contributed by atoms with E-state index < -0.39 is 84.2 Å². The lowest BCUT2D eigenvalue weighted by molar-refractivity contribution is -0.172. The van der Waals surface area contributed by atoms with E-state index in [-0.39, 0.29) is 94.0 Å². The van der Waals surface area contributed by atoms with E-state index in [1.807, 2.05) is 6.92 Å². The summed E-state index contributed by atoms with van der Waals surface area (Å²) in [6, 6.07) is 10.2. The zero-order chi connectivity index (χ0) is 56.5. The van der Waals surface area contributed by atoms with Crippen LogP contribution < -0.4 is 32.1 Å². The number of hydrogen-bond acceptors (Lipinski definition) is 14. The molecule has 0 fully saturated rings. The maximum absolute atomic E-state index is 15.5. The fraction of sp³-hybridized carbons (Fsp3) is 0.446. The Hall–Kier alpha value is -8.18. The first-order valence-corrected chi connectivity index (χ1v) is 26.6. The van der Waals surface area contributed by atoms with Crippen molar-refractivity contribution in [3.63, 3.8) is 0 Å². The molecule has 5 heterocycles. The van der Waals surface area contributed by atoms with Crippen molar-refractivity contribution in [2.45, 2.75) is 116 Å². The van der Waals surface area contributed by atoms with E-state index in [4.69, 9.17) is 14.5 Å². The Bertz CT molecular complexity index is 3180. The van der Waals surface area contributed by atoms with Crippen molar-refractivity contribution in [1.29, 1.82) is 0 Å². The molecule has 2 aromatic heterocycles. The number of esters is 1. The Morgan fingerprint density at radius 2 is 1.57 bits per heavy atom. The van der Waals surface area contributed by atoms with E-state index in [1.165, 1.54) is 22.8 Å². The Morgan fingerprint density at radius 3 is 2.30 bits per heavy atom. The molecule has 1 aliphatic carbocycles. The maximum Gasteiger partial charge on any atom is 0.343 e. The second-order valence-electron chi connectivity index (χ2n) is 19.9. The molecule has 0 unspecified atom stereocenters. The molecule has 418 valence electrons. The van der Waals surface area contributed by atoms with E-state index in [1.54, 1.807) is 55.1 Å². The van der Waals surface area contributed by atoms with Gasteiger partial charge in [-0.2, -0.15) is 0 Å². The smallest absolute Gasteiger partial charge is 0.343 e. The van der Waals surface area contributed by atoms with Crippen molar-refractivity contribution >= 4 is 64.1 Å². The van der Waals surface area contributed by atoms with Gasteiger partial charge in [-0.1, -0.05) is 43.7 Å². The number of hydrogen-bond donors (Lipinski definition) is 6. The second kappa shape index (κ2) is 25.1. The highest BCUT2D eigenvalue weighted by Crippen LogP contribution is 2.47. The highest BCUT2D eigenvalue weighted by atomic mass is 19.1. The number of carbonyl (C=O) groups is 9. The third-order valence-corrected chi connectivity index (χ3v) is 14.9. The minimum absolute atomic E-state index is 0.0317. The number of fused-ring (bicyclic) bond motifs is 5. The van der Waals surface area contributed by atoms with Gasteiger partial charge < -0.3 is 50.6 Å². The lowest BCUT2D eigenvalue weighted by atomic mass is 9.81. The van der Waals surface area contributed by atoms with Gasteiger partial charge in [0.1, 0.15) is 25.2 Å². The number of unbranched alkanes of at least 4 members (excludes halogenated alkanes) is 2. The van der Waals surface area contributed by atoms with Gasteiger partial charge in [-0.05, 0) is 80.7 Å². The molecule has 23 heteroatoms. The molecule has 6 N–H and O–H groups in total. The first-order chi connectivity index (χ1) is 37.9. The molecular formula is C56H64FN9O13. The molecule has 0 saturated heterocycles. The summed E-state index contributed by atoms with van der Waals surface area (Å²) in [4.78, 5) is 136. The van der Waals surface area contributed by atoms with E-state index in [0.29, 0.717) is 72.2 Å². The van der Waals surface area contributed by atoms with Crippen LogP contribution in [0.15, 0.2) is 59.4 Å². The standard InChI is InChI=1S/C56H64FN9O13/c1-4-56(77)37-24-42-52-35(29-66(42)54(75)36(37)30-79-55(56)76)51-41(18-17-34-32(3)38(57)25-39(63-52)50(34)51)64(5-2)47(71)16-12-22-78-31-61-45(69)27-60-53(74)40(23-33-13-8-6-9-14-33)62-46(70)28-59-44(68)26-58-43(67)15-10-7-11-21-65-48(72)19-20-49(65)73/h6,8-9,13-14,19-20,24-25,40-41,77H,4-5,7,10-12,15-18,21-23,26-31H2,1-3H3,(H,58,67)(H,59,68)(H,60,74)(H,61,69)(H,62,70)/t40-,41-,56-/m0/s1. The summed E-state index contributed by atoms with van der Waals surface area (Å²) >= 11 is 0. The average molecular weight is 1090 g/mol. The Kier molecular flexibility index (Phi) is 18.1. The van der Waals surface area contributed by atoms with Crippen LogP contribution in [0, 0.1) is 12.7 Å². The quantitative estimate of drug-likeness (QED) is 0.0210. The maximum atomic E-state index is 15.5. The summed E-state index contributed by atoms with van der Waals surface area (Å²) in [5, 5.41) is 24.7. The molecule has 8 amide bonds. The Labute approximate surface area is 453 Å². The molecule has 22 nitrogen and oxygen atoms in total. The predicted molar refractivity (Wildman–Crippen MR) is 281 cm³/mol. The van der Waals surface area contributed by atoms with Crippen LogP contribution in [0.5, 0.6) is 0 Å². The van der Waals surface area contributed by atoms with Gasteiger partial charge in [-0.15, -0.1) is 0 Å². The lowest BCUT2D eigenvalue weighted by Gasteiger charge is -2.37. The molecule has 79 heavy (non-hydrogen) atoms. The zero-order valence-electron chi connectivity index (χ0n) is 44.3. The van der Waals surface area contributed by atoms with Gasteiger partial charge in [0.15, 0.2) is 5.60 Å². The SMILES string of the molecule is CCN(C(=O)CCCOCNC(=O)CNC(=O)[C@H](Cc1ccccc1)NC(=O)CNC(=O)CNC(=O)CCCCCN1C(=O)C=CC1=O)[C@H]1CCc2c(C)c(F)cc3nc4c(c1c23)Cn1c-4cc2c(c1=O)COC(=O)[C@]2(O)CC. The molecular weight excluding hydrogens is 1030 g/mol. The van der Waals surface area contributed by atoms with Crippen LogP contribution >= 0.6 is 0 Å². The highest BCUT2D eigenvalue weighted by molar-refractivity contribution is 6.12. The van der Waals surface area contributed by atoms with Gasteiger partial charge in [-0.3, -0.25) is 48.1 Å². The lowest BCUT2D eigenvalue weighted by Crippen LogP contribution is -2.52. The predicted octanol–water partition coefficient (Wildman–Crippen LogP) is 1.79. The van der Waals surface area contributed by atoms with E-state index in [0.717, 1.165) is 21.4 Å². The van der Waals surface area contributed by atoms with Crippen molar-refractivity contribution < 1.29 is 62.1 Å². The van der Waals surface area contributed by atoms with Gasteiger partial charge in [0.05, 0.1) is 54.7 Å². The Balaban J connectivity index is 0.793. The number of pyridine rings is 2. The van der Waals surface area contributed by atoms with Crippen LogP contribution in [0.25, 0.3) is 22.3 Å². The van der Waals surface area contributed by atoms with E-state index in [2.05, 4.69) is 26.6 Å². The highest BCUT2D eigenvalue weighted by Gasteiger charge is 2.46. The number of rotatable bonds is 25. The summed E-state index contributed by atoms with van der Waals surface area (Å²) in [6.07, 6.45) is 5.46. The zero-order valence-corrected chi connectivity index (χ0v) is 44.3. The third kappa shape index (κ3) is 12.6. The molecule has 2 aromatic carbocycles. The van der Waals surface area contributed by atoms with Crippen molar-refractivity contribution in [1.82, 2.24) is 45.9 Å². The first kappa shape index (κ1) is 57.0. The van der Waals surface area contributed by atoms with Crippen molar-refractivity contribution in [3.05, 3.63) is 110 Å². The summed E-state index contributed by atoms with van der Waals surface area (Å²) in [6.45, 7) is 4.10. The number of ether oxygens (including phenoxy) is 2. The molecule has 0 spiro atoms. The monoisotopic (exact) mass is 1090 g/mol.